The standard InChI is InChI=1S/C11H19N5/c12-9(10-6-14-7-15-10)5-8-3-1-2-4-11(13)16-8/h6-9H,1-5,12H2,(H2,13,16)(H,14,15). The number of hydrogen-bond acceptors (Lipinski definition) is 4. The van der Waals surface area contributed by atoms with E-state index >= 15 is 0 Å². The van der Waals surface area contributed by atoms with Gasteiger partial charge in [-0.15, -0.1) is 0 Å². The number of H-pyrrole nitrogens is 1. The van der Waals surface area contributed by atoms with Crippen LogP contribution in [-0.4, -0.2) is 21.8 Å². The number of nitrogens with two attached hydrogens (primary N) is 2. The van der Waals surface area contributed by atoms with Gasteiger partial charge in [0.1, 0.15) is 0 Å². The predicted octanol–water partition coefficient (Wildman–Crippen LogP) is 1.10. The zero-order valence-corrected chi connectivity index (χ0v) is 9.39. The Hall–Kier alpha value is -1.36. The molecule has 2 atom stereocenters. The molecule has 2 rings (SSSR count). The highest BCUT2D eigenvalue weighted by Crippen LogP contribution is 2.21. The maximum absolute atomic E-state index is 6.09. The van der Waals surface area contributed by atoms with Gasteiger partial charge in [-0.05, 0) is 19.3 Å². The summed E-state index contributed by atoms with van der Waals surface area (Å²) in [5, 5.41) is 0. The molecule has 5 nitrogen and oxygen atoms in total. The topological polar surface area (TPSA) is 93.1 Å². The van der Waals surface area contributed by atoms with Crippen LogP contribution in [0.15, 0.2) is 17.5 Å². The van der Waals surface area contributed by atoms with E-state index < -0.39 is 0 Å². The van der Waals surface area contributed by atoms with Crippen LogP contribution in [0.4, 0.5) is 0 Å². The number of amidine groups is 1. The Kier molecular flexibility index (Phi) is 3.56. The first-order valence-electron chi connectivity index (χ1n) is 5.81. The molecule has 0 aliphatic carbocycles. The highest BCUT2D eigenvalue weighted by atomic mass is 14.9. The van der Waals surface area contributed by atoms with E-state index in [0.29, 0.717) is 0 Å². The zero-order valence-electron chi connectivity index (χ0n) is 9.39. The van der Waals surface area contributed by atoms with Crippen LogP contribution in [0.25, 0.3) is 0 Å². The lowest BCUT2D eigenvalue weighted by molar-refractivity contribution is 0.496. The van der Waals surface area contributed by atoms with E-state index in [9.17, 15) is 0 Å². The minimum absolute atomic E-state index is 0.0258. The van der Waals surface area contributed by atoms with Gasteiger partial charge in [0, 0.05) is 18.7 Å². The Morgan fingerprint density at radius 3 is 3.12 bits per heavy atom. The number of hydrogen-bond donors (Lipinski definition) is 3. The largest absolute Gasteiger partial charge is 0.387 e. The predicted molar refractivity (Wildman–Crippen MR) is 64.0 cm³/mol. The molecule has 1 aromatic heterocycles. The lowest BCUT2D eigenvalue weighted by atomic mass is 10.0. The molecule has 1 aliphatic rings. The monoisotopic (exact) mass is 221 g/mol. The zero-order chi connectivity index (χ0) is 11.4. The second-order valence-electron chi connectivity index (χ2n) is 4.37. The van der Waals surface area contributed by atoms with Gasteiger partial charge in [-0.1, -0.05) is 6.42 Å². The van der Waals surface area contributed by atoms with Gasteiger partial charge in [0.15, 0.2) is 0 Å². The fourth-order valence-corrected chi connectivity index (χ4v) is 2.11. The van der Waals surface area contributed by atoms with Crippen molar-refractivity contribution < 1.29 is 0 Å². The fraction of sp³-hybridized carbons (Fsp3) is 0.636. The van der Waals surface area contributed by atoms with Crippen LogP contribution >= 0.6 is 0 Å². The maximum Gasteiger partial charge on any atom is 0.0940 e. The molecule has 0 saturated heterocycles. The van der Waals surface area contributed by atoms with E-state index in [4.69, 9.17) is 11.5 Å². The van der Waals surface area contributed by atoms with Crippen LogP contribution in [0, 0.1) is 0 Å². The van der Waals surface area contributed by atoms with Gasteiger partial charge < -0.3 is 16.5 Å². The smallest absolute Gasteiger partial charge is 0.0940 e. The van der Waals surface area contributed by atoms with Gasteiger partial charge >= 0.3 is 0 Å². The summed E-state index contributed by atoms with van der Waals surface area (Å²) in [5.41, 5.74) is 12.9. The number of nitrogens with zero attached hydrogens (tertiary/aromatic N) is 2. The van der Waals surface area contributed by atoms with E-state index in [2.05, 4.69) is 15.0 Å². The molecule has 2 unspecified atom stereocenters. The maximum atomic E-state index is 6.09. The summed E-state index contributed by atoms with van der Waals surface area (Å²) >= 11 is 0. The van der Waals surface area contributed by atoms with Gasteiger partial charge in [-0.3, -0.25) is 4.99 Å². The molecular formula is C11H19N5. The van der Waals surface area contributed by atoms with Crippen LogP contribution in [-0.2, 0) is 0 Å². The van der Waals surface area contributed by atoms with E-state index in [-0.39, 0.29) is 12.1 Å². The first-order chi connectivity index (χ1) is 7.75. The summed E-state index contributed by atoms with van der Waals surface area (Å²) in [5.74, 6) is 0.777. The normalized spacial score (nSPS) is 23.6. The van der Waals surface area contributed by atoms with Crippen molar-refractivity contribution >= 4 is 5.84 Å². The molecule has 1 aromatic rings. The van der Waals surface area contributed by atoms with Gasteiger partial charge in [0.05, 0.1) is 23.9 Å². The SMILES string of the molecule is NC1=NC(CC(N)c2cnc[nH]2)CCCC1. The molecule has 0 saturated carbocycles. The molecule has 0 bridgehead atoms. The molecule has 5 N–H and O–H groups in total. The summed E-state index contributed by atoms with van der Waals surface area (Å²) in [6.45, 7) is 0. The minimum Gasteiger partial charge on any atom is -0.387 e. The summed E-state index contributed by atoms with van der Waals surface area (Å²) in [6, 6.07) is 0.239. The molecule has 88 valence electrons. The molecule has 0 aromatic carbocycles. The van der Waals surface area contributed by atoms with Crippen molar-refractivity contribution in [1.29, 1.82) is 0 Å². The quantitative estimate of drug-likeness (QED) is 0.713. The number of imidazole rings is 1. The van der Waals surface area contributed by atoms with Gasteiger partial charge in [-0.2, -0.15) is 0 Å². The first kappa shape index (κ1) is 11.1. The summed E-state index contributed by atoms with van der Waals surface area (Å²) in [4.78, 5) is 11.5. The van der Waals surface area contributed by atoms with Crippen molar-refractivity contribution in [2.75, 3.05) is 0 Å². The van der Waals surface area contributed by atoms with Crippen molar-refractivity contribution in [3.63, 3.8) is 0 Å². The Morgan fingerprint density at radius 1 is 1.50 bits per heavy atom. The van der Waals surface area contributed by atoms with Crippen LogP contribution in [0.5, 0.6) is 0 Å². The van der Waals surface area contributed by atoms with Gasteiger partial charge in [0.2, 0.25) is 0 Å². The average molecular weight is 221 g/mol. The van der Waals surface area contributed by atoms with Crippen LogP contribution < -0.4 is 11.5 Å². The summed E-state index contributed by atoms with van der Waals surface area (Å²) in [7, 11) is 0. The van der Waals surface area contributed by atoms with Crippen LogP contribution in [0.3, 0.4) is 0 Å². The highest BCUT2D eigenvalue weighted by molar-refractivity contribution is 5.80. The van der Waals surface area contributed by atoms with Crippen molar-refractivity contribution in [1.82, 2.24) is 9.97 Å². The summed E-state index contributed by atoms with van der Waals surface area (Å²) in [6.07, 6.45) is 8.60. The molecular weight excluding hydrogens is 202 g/mol. The fourth-order valence-electron chi connectivity index (χ4n) is 2.11. The van der Waals surface area contributed by atoms with Crippen molar-refractivity contribution in [2.45, 2.75) is 44.2 Å². The van der Waals surface area contributed by atoms with Gasteiger partial charge in [0.25, 0.3) is 0 Å². The average Bonchev–Trinajstić information content (AvgIpc) is 2.70. The molecule has 1 aliphatic heterocycles. The highest BCUT2D eigenvalue weighted by Gasteiger charge is 2.17. The summed E-state index contributed by atoms with van der Waals surface area (Å²) < 4.78 is 0. The third-order valence-electron chi connectivity index (χ3n) is 3.01. The molecule has 0 radical (unpaired) electrons. The number of rotatable bonds is 3. The van der Waals surface area contributed by atoms with E-state index in [1.54, 1.807) is 12.5 Å². The molecule has 0 spiro atoms. The van der Waals surface area contributed by atoms with E-state index in [1.165, 1.54) is 6.42 Å². The first-order valence-corrected chi connectivity index (χ1v) is 5.81. The van der Waals surface area contributed by atoms with Gasteiger partial charge in [-0.25, -0.2) is 4.98 Å². The molecule has 2 heterocycles. The Bertz CT molecular complexity index is 343. The van der Waals surface area contributed by atoms with Crippen molar-refractivity contribution in [3.05, 3.63) is 18.2 Å². The third kappa shape index (κ3) is 2.82. The molecule has 16 heavy (non-hydrogen) atoms. The molecule has 5 heteroatoms. The number of aromatic nitrogens is 2. The second kappa shape index (κ2) is 5.12. The lowest BCUT2D eigenvalue weighted by Crippen LogP contribution is -2.20. The Morgan fingerprint density at radius 2 is 2.38 bits per heavy atom. The Labute approximate surface area is 95.3 Å². The Balaban J connectivity index is 1.95. The third-order valence-corrected chi connectivity index (χ3v) is 3.01. The molecule has 0 fully saturated rings. The van der Waals surface area contributed by atoms with E-state index in [1.807, 2.05) is 0 Å². The number of aromatic amines is 1. The molecule has 0 amide bonds. The van der Waals surface area contributed by atoms with Crippen LogP contribution in [0.2, 0.25) is 0 Å². The second-order valence-corrected chi connectivity index (χ2v) is 4.37. The number of nitrogens with one attached hydrogen (secondary N) is 1. The van der Waals surface area contributed by atoms with Crippen LogP contribution in [0.1, 0.15) is 43.8 Å². The van der Waals surface area contributed by atoms with E-state index in [0.717, 1.165) is 37.2 Å². The van der Waals surface area contributed by atoms with Crippen molar-refractivity contribution in [3.8, 4) is 0 Å². The minimum atomic E-state index is -0.0258. The number of aliphatic imine (C=N–C) groups is 1. The lowest BCUT2D eigenvalue weighted by Gasteiger charge is -2.15. The van der Waals surface area contributed by atoms with Crippen molar-refractivity contribution in [2.24, 2.45) is 16.5 Å².